The number of halogens is 1. The Morgan fingerprint density at radius 1 is 1.30 bits per heavy atom. The van der Waals surface area contributed by atoms with E-state index in [1.165, 1.54) is 10.9 Å². The van der Waals surface area contributed by atoms with Crippen molar-refractivity contribution in [3.63, 3.8) is 0 Å². The number of ether oxygens (including phenoxy) is 1. The predicted octanol–water partition coefficient (Wildman–Crippen LogP) is 4.07. The van der Waals surface area contributed by atoms with Gasteiger partial charge in [0.2, 0.25) is 0 Å². The number of aromatic nitrogens is 1. The number of H-pyrrole nitrogens is 1. The largest absolute Gasteiger partial charge is 0.379 e. The highest BCUT2D eigenvalue weighted by Crippen LogP contribution is 2.32. The molecule has 1 saturated heterocycles. The van der Waals surface area contributed by atoms with Crippen LogP contribution in [0.2, 0.25) is 0 Å². The lowest BCUT2D eigenvalue weighted by atomic mass is 10.1. The van der Waals surface area contributed by atoms with Gasteiger partial charge in [-0.1, -0.05) is 6.07 Å². The van der Waals surface area contributed by atoms with Crippen LogP contribution in [0.3, 0.4) is 0 Å². The molecule has 2 aromatic heterocycles. The highest BCUT2D eigenvalue weighted by atomic mass is 32.1. The van der Waals surface area contributed by atoms with Crippen LogP contribution in [-0.2, 0) is 11.3 Å². The summed E-state index contributed by atoms with van der Waals surface area (Å²) in [5.74, 6) is -0.753. The summed E-state index contributed by atoms with van der Waals surface area (Å²) >= 11 is 1.67. The molecule has 1 fully saturated rings. The topological polar surface area (TPSA) is 57.4 Å². The number of amides is 1. The molecule has 1 aromatic carbocycles. The number of nitrogens with zero attached hydrogens (tertiary/aromatic N) is 1. The van der Waals surface area contributed by atoms with Gasteiger partial charge in [0, 0.05) is 30.1 Å². The molecule has 0 saturated carbocycles. The molecule has 1 amide bonds. The van der Waals surface area contributed by atoms with Crippen molar-refractivity contribution in [2.75, 3.05) is 31.6 Å². The quantitative estimate of drug-likeness (QED) is 0.710. The third-order valence-electron chi connectivity index (χ3n) is 4.77. The van der Waals surface area contributed by atoms with E-state index in [4.69, 9.17) is 4.74 Å². The molecule has 3 aromatic rings. The number of hydrogen-bond acceptors (Lipinski definition) is 4. The molecule has 1 aliphatic heterocycles. The fourth-order valence-electron chi connectivity index (χ4n) is 3.40. The van der Waals surface area contributed by atoms with Gasteiger partial charge in [-0.05, 0) is 37.6 Å². The number of morpholine rings is 1. The number of fused-ring (bicyclic) bond motifs is 1. The predicted molar refractivity (Wildman–Crippen MR) is 106 cm³/mol. The monoisotopic (exact) mass is 387 g/mol. The van der Waals surface area contributed by atoms with E-state index in [0.717, 1.165) is 34.4 Å². The van der Waals surface area contributed by atoms with Gasteiger partial charge < -0.3 is 15.0 Å². The van der Waals surface area contributed by atoms with E-state index >= 15 is 0 Å². The zero-order chi connectivity index (χ0) is 19.0. The smallest absolute Gasteiger partial charge is 0.272 e. The van der Waals surface area contributed by atoms with Crippen LogP contribution >= 0.6 is 11.3 Å². The fraction of sp³-hybridized carbons (Fsp3) is 0.350. The molecule has 0 radical (unpaired) electrons. The number of aromatic amines is 1. The Bertz CT molecular complexity index is 989. The Balaban J connectivity index is 1.67. The van der Waals surface area contributed by atoms with E-state index < -0.39 is 5.82 Å². The summed E-state index contributed by atoms with van der Waals surface area (Å²) in [5, 5.41) is 2.73. The van der Waals surface area contributed by atoms with E-state index in [9.17, 15) is 9.18 Å². The van der Waals surface area contributed by atoms with Crippen molar-refractivity contribution in [3.8, 4) is 0 Å². The summed E-state index contributed by atoms with van der Waals surface area (Å²) in [5.41, 5.74) is 3.52. The van der Waals surface area contributed by atoms with E-state index in [-0.39, 0.29) is 11.6 Å². The van der Waals surface area contributed by atoms with E-state index in [0.29, 0.717) is 25.5 Å². The number of benzene rings is 1. The van der Waals surface area contributed by atoms with Crippen molar-refractivity contribution in [1.82, 2.24) is 9.88 Å². The van der Waals surface area contributed by atoms with Gasteiger partial charge in [-0.2, -0.15) is 0 Å². The van der Waals surface area contributed by atoms with Crippen LogP contribution in [0, 0.1) is 19.7 Å². The van der Waals surface area contributed by atoms with E-state index in [1.54, 1.807) is 23.5 Å². The van der Waals surface area contributed by atoms with Gasteiger partial charge in [0.05, 0.1) is 29.1 Å². The summed E-state index contributed by atoms with van der Waals surface area (Å²) < 4.78 is 20.6. The lowest BCUT2D eigenvalue weighted by molar-refractivity contribution is 0.0343. The lowest BCUT2D eigenvalue weighted by Crippen LogP contribution is -2.36. The first-order valence-corrected chi connectivity index (χ1v) is 9.81. The van der Waals surface area contributed by atoms with Crippen molar-refractivity contribution in [3.05, 3.63) is 51.8 Å². The van der Waals surface area contributed by atoms with Crippen LogP contribution in [0.1, 0.15) is 26.5 Å². The van der Waals surface area contributed by atoms with Crippen molar-refractivity contribution in [2.24, 2.45) is 0 Å². The Kier molecular flexibility index (Phi) is 4.99. The number of carbonyl (C=O) groups excluding carboxylic acids is 1. The van der Waals surface area contributed by atoms with Crippen LogP contribution in [0.4, 0.5) is 10.1 Å². The molecule has 0 aliphatic carbocycles. The maximum atomic E-state index is 14.1. The molecular weight excluding hydrogens is 365 g/mol. The normalized spacial score (nSPS) is 15.4. The van der Waals surface area contributed by atoms with Gasteiger partial charge in [0.25, 0.3) is 5.91 Å². The van der Waals surface area contributed by atoms with Gasteiger partial charge in [-0.25, -0.2) is 4.39 Å². The Morgan fingerprint density at radius 2 is 2.07 bits per heavy atom. The van der Waals surface area contributed by atoms with Gasteiger partial charge in [0.15, 0.2) is 0 Å². The first-order valence-electron chi connectivity index (χ1n) is 9.00. The summed E-state index contributed by atoms with van der Waals surface area (Å²) in [6.07, 6.45) is 0. The number of thiophene rings is 1. The molecule has 0 spiro atoms. The minimum absolute atomic E-state index is 0.200. The van der Waals surface area contributed by atoms with Crippen LogP contribution < -0.4 is 5.32 Å². The molecule has 3 heterocycles. The van der Waals surface area contributed by atoms with Crippen LogP contribution in [-0.4, -0.2) is 42.1 Å². The standard InChI is InChI=1S/C20H22FN3O2S/c1-12-3-4-15(21)16(9-12)23-20(25)18-14(11-24-5-7-26-8-6-24)19-17(22-18)10-13(2)27-19/h3-4,9-10,22H,5-8,11H2,1-2H3,(H,23,25). The Hall–Kier alpha value is -2.22. The summed E-state index contributed by atoms with van der Waals surface area (Å²) in [7, 11) is 0. The molecule has 1 aliphatic rings. The Labute approximate surface area is 161 Å². The maximum absolute atomic E-state index is 14.1. The minimum atomic E-state index is -0.437. The van der Waals surface area contributed by atoms with Gasteiger partial charge in [0.1, 0.15) is 11.5 Å². The average molecular weight is 387 g/mol. The molecule has 7 heteroatoms. The second-order valence-corrected chi connectivity index (χ2v) is 8.16. The van der Waals surface area contributed by atoms with Crippen molar-refractivity contribution in [2.45, 2.75) is 20.4 Å². The molecular formula is C20H22FN3O2S. The summed E-state index contributed by atoms with van der Waals surface area (Å²) in [6, 6.07) is 6.75. The highest BCUT2D eigenvalue weighted by molar-refractivity contribution is 7.19. The first kappa shape index (κ1) is 18.2. The average Bonchev–Trinajstić information content (AvgIpc) is 3.16. The number of rotatable bonds is 4. The molecule has 27 heavy (non-hydrogen) atoms. The van der Waals surface area contributed by atoms with Crippen LogP contribution in [0.15, 0.2) is 24.3 Å². The minimum Gasteiger partial charge on any atom is -0.379 e. The fourth-order valence-corrected chi connectivity index (χ4v) is 4.41. The molecule has 2 N–H and O–H groups in total. The van der Waals surface area contributed by atoms with Crippen molar-refractivity contribution >= 4 is 33.1 Å². The number of carbonyl (C=O) groups is 1. The number of nitrogens with one attached hydrogen (secondary N) is 2. The molecule has 5 nitrogen and oxygen atoms in total. The number of aryl methyl sites for hydroxylation is 2. The van der Waals surface area contributed by atoms with Gasteiger partial charge >= 0.3 is 0 Å². The third-order valence-corrected chi connectivity index (χ3v) is 5.88. The second-order valence-electron chi connectivity index (χ2n) is 6.90. The van der Waals surface area contributed by atoms with E-state index in [2.05, 4.69) is 22.1 Å². The summed E-state index contributed by atoms with van der Waals surface area (Å²) in [4.78, 5) is 19.7. The zero-order valence-corrected chi connectivity index (χ0v) is 16.2. The Morgan fingerprint density at radius 3 is 2.85 bits per heavy atom. The molecule has 0 bridgehead atoms. The van der Waals surface area contributed by atoms with Gasteiger partial charge in [-0.3, -0.25) is 9.69 Å². The maximum Gasteiger partial charge on any atom is 0.272 e. The highest BCUT2D eigenvalue weighted by Gasteiger charge is 2.23. The van der Waals surface area contributed by atoms with Crippen molar-refractivity contribution < 1.29 is 13.9 Å². The van der Waals surface area contributed by atoms with Crippen LogP contribution in [0.5, 0.6) is 0 Å². The number of anilines is 1. The first-order chi connectivity index (χ1) is 13.0. The molecule has 0 atom stereocenters. The van der Waals surface area contributed by atoms with E-state index in [1.807, 2.05) is 13.0 Å². The lowest BCUT2D eigenvalue weighted by Gasteiger charge is -2.26. The zero-order valence-electron chi connectivity index (χ0n) is 15.4. The number of hydrogen-bond donors (Lipinski definition) is 2. The summed E-state index contributed by atoms with van der Waals surface area (Å²) in [6.45, 7) is 7.67. The third kappa shape index (κ3) is 3.76. The second kappa shape index (κ2) is 7.42. The van der Waals surface area contributed by atoms with Crippen LogP contribution in [0.25, 0.3) is 10.2 Å². The van der Waals surface area contributed by atoms with Crippen molar-refractivity contribution in [1.29, 1.82) is 0 Å². The molecule has 4 rings (SSSR count). The molecule has 142 valence electrons. The SMILES string of the molecule is Cc1ccc(F)c(NC(=O)c2[nH]c3cc(C)sc3c2CN2CCOCC2)c1. The van der Waals surface area contributed by atoms with Gasteiger partial charge in [-0.15, -0.1) is 11.3 Å². The molecule has 0 unspecified atom stereocenters.